The van der Waals surface area contributed by atoms with E-state index in [9.17, 15) is 0 Å². The average Bonchev–Trinajstić information content (AvgIpc) is 3.64. The summed E-state index contributed by atoms with van der Waals surface area (Å²) in [6, 6.07) is 47.8. The van der Waals surface area contributed by atoms with E-state index in [4.69, 9.17) is 4.98 Å². The Morgan fingerprint density at radius 1 is 0.447 bits per heavy atom. The van der Waals surface area contributed by atoms with Crippen LogP contribution in [0.3, 0.4) is 0 Å². The van der Waals surface area contributed by atoms with Crippen molar-refractivity contribution in [2.45, 2.75) is 0 Å². The van der Waals surface area contributed by atoms with Gasteiger partial charge >= 0.3 is 0 Å². The zero-order chi connectivity index (χ0) is 25.1. The van der Waals surface area contributed by atoms with E-state index < -0.39 is 0 Å². The molecule has 0 fully saturated rings. The van der Waals surface area contributed by atoms with Gasteiger partial charge in [0, 0.05) is 20.5 Å². The molecule has 38 heavy (non-hydrogen) atoms. The second-order valence-corrected chi connectivity index (χ2v) is 10.7. The predicted octanol–water partition coefficient (Wildman–Crippen LogP) is 9.86. The van der Waals surface area contributed by atoms with Crippen molar-refractivity contribution < 1.29 is 0 Å². The molecule has 0 saturated heterocycles. The number of para-hydroxylation sites is 3. The van der Waals surface area contributed by atoms with Gasteiger partial charge in [-0.2, -0.15) is 0 Å². The summed E-state index contributed by atoms with van der Waals surface area (Å²) >= 11 is 1.84. The lowest BCUT2D eigenvalue weighted by molar-refractivity contribution is 1.31. The number of pyridine rings is 1. The van der Waals surface area contributed by atoms with Crippen LogP contribution in [0.5, 0.6) is 0 Å². The minimum atomic E-state index is 1.00. The van der Waals surface area contributed by atoms with Crippen LogP contribution in [0.25, 0.3) is 70.4 Å². The van der Waals surface area contributed by atoms with E-state index >= 15 is 0 Å². The summed E-state index contributed by atoms with van der Waals surface area (Å²) in [4.78, 5) is 7.65. The number of hydrogen-bond donors (Lipinski definition) is 0. The van der Waals surface area contributed by atoms with Crippen molar-refractivity contribution in [2.75, 3.05) is 0 Å². The number of imidazole rings is 1. The van der Waals surface area contributed by atoms with Gasteiger partial charge in [0.25, 0.3) is 0 Å². The highest BCUT2D eigenvalue weighted by Gasteiger charge is 2.14. The molecule has 8 aromatic rings. The summed E-state index contributed by atoms with van der Waals surface area (Å²) in [6.45, 7) is 0. The van der Waals surface area contributed by atoms with E-state index in [1.165, 1.54) is 53.7 Å². The summed E-state index contributed by atoms with van der Waals surface area (Å²) in [7, 11) is 0. The monoisotopic (exact) mass is 502 g/mol. The first kappa shape index (κ1) is 21.4. The van der Waals surface area contributed by atoms with Crippen LogP contribution in [0.4, 0.5) is 0 Å². The van der Waals surface area contributed by atoms with Gasteiger partial charge in [0.05, 0.1) is 16.6 Å². The molecule has 0 N–H and O–H groups in total. The molecule has 0 amide bonds. The predicted molar refractivity (Wildman–Crippen MR) is 162 cm³/mol. The van der Waals surface area contributed by atoms with E-state index in [0.29, 0.717) is 0 Å². The molecule has 0 spiro atoms. The number of nitrogens with zero attached hydrogens (tertiary/aromatic N) is 2. The molecule has 3 aromatic heterocycles. The largest absolute Gasteiger partial charge is 0.292 e. The maximum atomic E-state index is 5.07. The van der Waals surface area contributed by atoms with Crippen molar-refractivity contribution in [1.82, 2.24) is 9.38 Å². The van der Waals surface area contributed by atoms with E-state index in [1.807, 2.05) is 11.3 Å². The minimum absolute atomic E-state index is 1.00. The topological polar surface area (TPSA) is 17.3 Å². The van der Waals surface area contributed by atoms with Crippen LogP contribution in [-0.2, 0) is 0 Å². The fraction of sp³-hybridized carbons (Fsp3) is 0. The lowest BCUT2D eigenvalue weighted by Crippen LogP contribution is -1.91. The second-order valence-electron chi connectivity index (χ2n) is 9.64. The molecule has 0 saturated carbocycles. The number of fused-ring (bicyclic) bond motifs is 8. The molecule has 3 heteroatoms. The highest BCUT2D eigenvalue weighted by atomic mass is 32.1. The molecular formula is C35H22N2S. The van der Waals surface area contributed by atoms with Crippen molar-refractivity contribution in [1.29, 1.82) is 0 Å². The summed E-state index contributed by atoms with van der Waals surface area (Å²) in [6.07, 6.45) is 0. The fourth-order valence-corrected chi connectivity index (χ4v) is 6.59. The van der Waals surface area contributed by atoms with Crippen molar-refractivity contribution in [3.8, 4) is 32.0 Å². The highest BCUT2D eigenvalue weighted by molar-refractivity contribution is 7.18. The van der Waals surface area contributed by atoms with E-state index in [-0.39, 0.29) is 0 Å². The zero-order valence-electron chi connectivity index (χ0n) is 20.5. The van der Waals surface area contributed by atoms with Crippen LogP contribution in [0, 0.1) is 0 Å². The molecule has 5 aromatic carbocycles. The van der Waals surface area contributed by atoms with Crippen LogP contribution in [0.2, 0.25) is 0 Å². The highest BCUT2D eigenvalue weighted by Crippen LogP contribution is 2.37. The van der Waals surface area contributed by atoms with Crippen LogP contribution in [0.1, 0.15) is 0 Å². The van der Waals surface area contributed by atoms with Crippen LogP contribution >= 0.6 is 11.3 Å². The molecule has 3 heterocycles. The van der Waals surface area contributed by atoms with Gasteiger partial charge in [0.15, 0.2) is 0 Å². The molecule has 178 valence electrons. The van der Waals surface area contributed by atoms with Crippen LogP contribution in [0.15, 0.2) is 133 Å². The fourth-order valence-electron chi connectivity index (χ4n) is 5.57. The van der Waals surface area contributed by atoms with Crippen LogP contribution < -0.4 is 0 Å². The molecule has 0 unspecified atom stereocenters. The molecule has 8 rings (SSSR count). The Balaban J connectivity index is 1.25. The lowest BCUT2D eigenvalue weighted by Gasteiger charge is -2.11. The molecule has 2 nitrogen and oxygen atoms in total. The van der Waals surface area contributed by atoms with Gasteiger partial charge in [0.2, 0.25) is 0 Å². The van der Waals surface area contributed by atoms with E-state index in [2.05, 4.69) is 138 Å². The summed E-state index contributed by atoms with van der Waals surface area (Å²) in [5, 5.41) is 3.65. The Bertz CT molecular complexity index is 2120. The molecule has 0 radical (unpaired) electrons. The maximum absolute atomic E-state index is 5.07. The van der Waals surface area contributed by atoms with Gasteiger partial charge in [-0.15, -0.1) is 11.3 Å². The Kier molecular flexibility index (Phi) is 4.73. The molecule has 0 atom stereocenters. The first-order valence-electron chi connectivity index (χ1n) is 12.8. The quantitative estimate of drug-likeness (QED) is 0.220. The van der Waals surface area contributed by atoms with Gasteiger partial charge in [-0.05, 0) is 64.0 Å². The third-order valence-electron chi connectivity index (χ3n) is 7.42. The molecule has 0 aliphatic carbocycles. The zero-order valence-corrected chi connectivity index (χ0v) is 21.3. The van der Waals surface area contributed by atoms with Gasteiger partial charge in [-0.1, -0.05) is 97.1 Å². The SMILES string of the molecule is c1ccc(-c2ccc(-c3ccc(-c4ccc5c6ccccc6n6c7ccccc7nc6c5c4)cc3)s2)cc1. The molecule has 0 aliphatic heterocycles. The Morgan fingerprint density at radius 2 is 1.08 bits per heavy atom. The number of thiophene rings is 1. The number of aromatic nitrogens is 2. The Labute approximate surface area is 224 Å². The Morgan fingerprint density at radius 3 is 1.89 bits per heavy atom. The maximum Gasteiger partial charge on any atom is 0.146 e. The number of rotatable bonds is 3. The van der Waals surface area contributed by atoms with Crippen molar-refractivity contribution in [3.63, 3.8) is 0 Å². The standard InChI is InChI=1S/C35H22N2S/c1-2-8-24(9-3-1)33-20-21-34(38-33)25-16-14-23(15-17-25)26-18-19-27-28-10-4-6-12-31(28)37-32-13-7-5-11-30(32)36-35(37)29(27)22-26/h1-22H. The summed E-state index contributed by atoms with van der Waals surface area (Å²) in [5.41, 5.74) is 9.27. The normalized spacial score (nSPS) is 11.7. The third kappa shape index (κ3) is 3.29. The van der Waals surface area contributed by atoms with Gasteiger partial charge in [-0.25, -0.2) is 4.98 Å². The smallest absolute Gasteiger partial charge is 0.146 e. The molecule has 0 bridgehead atoms. The van der Waals surface area contributed by atoms with Gasteiger partial charge in [-0.3, -0.25) is 4.40 Å². The van der Waals surface area contributed by atoms with Crippen molar-refractivity contribution in [3.05, 3.63) is 133 Å². The minimum Gasteiger partial charge on any atom is -0.292 e. The van der Waals surface area contributed by atoms with E-state index in [1.54, 1.807) is 0 Å². The second kappa shape index (κ2) is 8.41. The molecular weight excluding hydrogens is 480 g/mol. The van der Waals surface area contributed by atoms with E-state index in [0.717, 1.165) is 16.7 Å². The summed E-state index contributed by atoms with van der Waals surface area (Å²) in [5.74, 6) is 0. The van der Waals surface area contributed by atoms with Gasteiger partial charge in [0.1, 0.15) is 5.65 Å². The Hall–Kier alpha value is -4.73. The van der Waals surface area contributed by atoms with Crippen molar-refractivity contribution in [2.24, 2.45) is 0 Å². The molecule has 0 aliphatic rings. The number of hydrogen-bond acceptors (Lipinski definition) is 2. The first-order chi connectivity index (χ1) is 18.8. The van der Waals surface area contributed by atoms with Crippen molar-refractivity contribution >= 4 is 49.7 Å². The lowest BCUT2D eigenvalue weighted by atomic mass is 9.98. The first-order valence-corrected chi connectivity index (χ1v) is 13.6. The number of benzene rings is 5. The van der Waals surface area contributed by atoms with Crippen LogP contribution in [-0.4, -0.2) is 9.38 Å². The average molecular weight is 503 g/mol. The third-order valence-corrected chi connectivity index (χ3v) is 8.61. The van der Waals surface area contributed by atoms with Gasteiger partial charge < -0.3 is 0 Å². The summed E-state index contributed by atoms with van der Waals surface area (Å²) < 4.78 is 2.31.